The van der Waals surface area contributed by atoms with Gasteiger partial charge in [-0.25, -0.2) is 9.80 Å². The Morgan fingerprint density at radius 3 is 1.56 bits per heavy atom. The van der Waals surface area contributed by atoms with E-state index in [2.05, 4.69) is 15.9 Å². The molecule has 0 N–H and O–H groups in total. The zero-order valence-electron chi connectivity index (χ0n) is 21.4. The van der Waals surface area contributed by atoms with E-state index in [1.165, 1.54) is 9.80 Å². The Bertz CT molecular complexity index is 1540. The van der Waals surface area contributed by atoms with Crippen molar-refractivity contribution in [3.05, 3.63) is 106 Å². The molecule has 3 aliphatic carbocycles. The number of halogens is 1. The van der Waals surface area contributed by atoms with Crippen LogP contribution in [0.4, 0.5) is 11.4 Å². The van der Waals surface area contributed by atoms with Crippen LogP contribution in [0.1, 0.15) is 16.7 Å². The van der Waals surface area contributed by atoms with Gasteiger partial charge >= 0.3 is 0 Å². The number of nitrogens with zero attached hydrogens (tertiary/aromatic N) is 2. The molecule has 6 nitrogen and oxygen atoms in total. The number of benzene rings is 3. The van der Waals surface area contributed by atoms with Gasteiger partial charge in [-0.2, -0.15) is 0 Å². The van der Waals surface area contributed by atoms with Crippen molar-refractivity contribution in [2.45, 2.75) is 19.3 Å². The van der Waals surface area contributed by atoms with Crippen LogP contribution in [-0.2, 0) is 24.6 Å². The number of aryl methyl sites for hydroxylation is 2. The average Bonchev–Trinajstić information content (AvgIpc) is 3.37. The molecule has 0 aromatic heterocycles. The summed E-state index contributed by atoms with van der Waals surface area (Å²) in [5.74, 6) is -4.85. The highest BCUT2D eigenvalue weighted by Crippen LogP contribution is 2.65. The monoisotopic (exact) mass is 580 g/mol. The lowest BCUT2D eigenvalue weighted by atomic mass is 9.45. The fourth-order valence-corrected chi connectivity index (χ4v) is 7.86. The first-order valence-corrected chi connectivity index (χ1v) is 13.9. The van der Waals surface area contributed by atoms with Crippen molar-refractivity contribution in [3.8, 4) is 0 Å². The van der Waals surface area contributed by atoms with Gasteiger partial charge in [0.15, 0.2) is 0 Å². The van der Waals surface area contributed by atoms with E-state index in [1.54, 1.807) is 12.1 Å². The number of carbonyl (C=O) groups is 4. The molecule has 6 atom stereocenters. The van der Waals surface area contributed by atoms with Crippen molar-refractivity contribution in [1.82, 2.24) is 0 Å². The third-order valence-electron chi connectivity index (χ3n) is 9.21. The summed E-state index contributed by atoms with van der Waals surface area (Å²) in [7, 11) is 0. The minimum atomic E-state index is -1.14. The van der Waals surface area contributed by atoms with Crippen LogP contribution in [0.5, 0.6) is 0 Å². The standard InChI is InChI=1S/C32H25BrN2O4/c1-17-7-3-5-9-22(17)34-28(36)24-21-15-16-32(26(24)30(34)38,19-11-13-20(33)14-12-19)27-25(21)29(37)35(31(27)39)23-10-6-4-8-18(23)2/h3-16,21,24-27H,1-2H3/t21?,24-,25-,26-,27+,32?/m1/s1. The highest BCUT2D eigenvalue weighted by atomic mass is 79.9. The second-order valence-corrected chi connectivity index (χ2v) is 11.9. The molecule has 1 saturated carbocycles. The minimum absolute atomic E-state index is 0.303. The second-order valence-electron chi connectivity index (χ2n) is 11.0. The van der Waals surface area contributed by atoms with Crippen LogP contribution in [0.25, 0.3) is 0 Å². The number of allylic oxidation sites excluding steroid dienone is 2. The maximum absolute atomic E-state index is 14.4. The molecule has 7 heteroatoms. The summed E-state index contributed by atoms with van der Waals surface area (Å²) in [6.45, 7) is 3.74. The van der Waals surface area contributed by atoms with Gasteiger partial charge in [0.05, 0.1) is 35.0 Å². The minimum Gasteiger partial charge on any atom is -0.274 e. The third-order valence-corrected chi connectivity index (χ3v) is 9.74. The Labute approximate surface area is 234 Å². The molecule has 0 radical (unpaired) electrons. The zero-order valence-corrected chi connectivity index (χ0v) is 23.0. The molecule has 3 aromatic rings. The SMILES string of the molecule is Cc1ccccc1N1C(=O)[C@@H]2C3C=CC(c4ccc(Br)cc4)([C@@H]2C1=O)[C@H]1C(=O)N(c2ccccc2C)C(=O)[C@H]31. The van der Waals surface area contributed by atoms with Crippen LogP contribution < -0.4 is 9.80 Å². The molecule has 3 fully saturated rings. The molecule has 39 heavy (non-hydrogen) atoms. The van der Waals surface area contributed by atoms with Gasteiger partial charge in [-0.1, -0.05) is 76.6 Å². The third kappa shape index (κ3) is 3.02. The fourth-order valence-electron chi connectivity index (χ4n) is 7.59. The van der Waals surface area contributed by atoms with Gasteiger partial charge in [-0.3, -0.25) is 19.2 Å². The highest BCUT2D eigenvalue weighted by molar-refractivity contribution is 9.10. The topological polar surface area (TPSA) is 74.8 Å². The van der Waals surface area contributed by atoms with E-state index in [0.717, 1.165) is 21.2 Å². The van der Waals surface area contributed by atoms with E-state index in [-0.39, 0.29) is 23.6 Å². The molecular formula is C32H25BrN2O4. The van der Waals surface area contributed by atoms with E-state index in [0.29, 0.717) is 11.4 Å². The predicted molar refractivity (Wildman–Crippen MR) is 150 cm³/mol. The molecule has 2 unspecified atom stereocenters. The van der Waals surface area contributed by atoms with Gasteiger partial charge < -0.3 is 0 Å². The van der Waals surface area contributed by atoms with Crippen molar-refractivity contribution < 1.29 is 19.2 Å². The van der Waals surface area contributed by atoms with Gasteiger partial charge in [0, 0.05) is 15.8 Å². The summed E-state index contributed by atoms with van der Waals surface area (Å²) in [6, 6.07) is 22.2. The lowest BCUT2D eigenvalue weighted by Crippen LogP contribution is -2.60. The fraction of sp³-hybridized carbons (Fsp3) is 0.250. The first-order valence-electron chi connectivity index (χ1n) is 13.1. The second kappa shape index (κ2) is 8.33. The molecule has 8 rings (SSSR count). The van der Waals surface area contributed by atoms with Crippen LogP contribution in [0.2, 0.25) is 0 Å². The first-order chi connectivity index (χ1) is 18.8. The number of para-hydroxylation sites is 2. The van der Waals surface area contributed by atoms with Gasteiger partial charge in [0.1, 0.15) is 0 Å². The van der Waals surface area contributed by atoms with Gasteiger partial charge in [0.2, 0.25) is 23.6 Å². The lowest BCUT2D eigenvalue weighted by molar-refractivity contribution is -0.140. The molecule has 3 aromatic carbocycles. The van der Waals surface area contributed by atoms with E-state index in [9.17, 15) is 19.2 Å². The van der Waals surface area contributed by atoms with Crippen molar-refractivity contribution in [2.24, 2.45) is 29.6 Å². The Kier molecular flexibility index (Phi) is 5.17. The number of anilines is 2. The average molecular weight is 581 g/mol. The Morgan fingerprint density at radius 1 is 0.641 bits per heavy atom. The molecule has 2 aliphatic heterocycles. The zero-order chi connectivity index (χ0) is 27.2. The molecule has 2 heterocycles. The summed E-state index contributed by atoms with van der Waals surface area (Å²) in [6.07, 6.45) is 3.87. The van der Waals surface area contributed by atoms with Crippen LogP contribution >= 0.6 is 15.9 Å². The highest BCUT2D eigenvalue weighted by Gasteiger charge is 2.75. The number of carbonyl (C=O) groups excluding carboxylic acids is 4. The number of imide groups is 2. The van der Waals surface area contributed by atoms with E-state index < -0.39 is 35.0 Å². The lowest BCUT2D eigenvalue weighted by Gasteiger charge is -2.53. The van der Waals surface area contributed by atoms with Crippen LogP contribution in [0.3, 0.4) is 0 Å². The maximum Gasteiger partial charge on any atom is 0.238 e. The van der Waals surface area contributed by atoms with Crippen molar-refractivity contribution in [3.63, 3.8) is 0 Å². The number of hydrogen-bond acceptors (Lipinski definition) is 4. The van der Waals surface area contributed by atoms with Gasteiger partial charge in [-0.05, 0) is 54.8 Å². The van der Waals surface area contributed by atoms with Crippen molar-refractivity contribution >= 4 is 50.9 Å². The molecule has 0 spiro atoms. The molecule has 194 valence electrons. The van der Waals surface area contributed by atoms with Gasteiger partial charge in [0.25, 0.3) is 0 Å². The van der Waals surface area contributed by atoms with Crippen molar-refractivity contribution in [1.29, 1.82) is 0 Å². The molecule has 2 saturated heterocycles. The Hall–Kier alpha value is -3.84. The summed E-state index contributed by atoms with van der Waals surface area (Å²) < 4.78 is 0.856. The van der Waals surface area contributed by atoms with Crippen LogP contribution in [0.15, 0.2) is 89.4 Å². The van der Waals surface area contributed by atoms with E-state index in [1.807, 2.05) is 86.7 Å². The maximum atomic E-state index is 14.4. The number of rotatable bonds is 3. The number of amides is 4. The van der Waals surface area contributed by atoms with E-state index in [4.69, 9.17) is 0 Å². The van der Waals surface area contributed by atoms with E-state index >= 15 is 0 Å². The summed E-state index contributed by atoms with van der Waals surface area (Å²) in [4.78, 5) is 59.7. The van der Waals surface area contributed by atoms with Crippen LogP contribution in [0, 0.1) is 43.4 Å². The first kappa shape index (κ1) is 24.2. The Morgan fingerprint density at radius 2 is 1.10 bits per heavy atom. The summed E-state index contributed by atoms with van der Waals surface area (Å²) >= 11 is 3.49. The molecule has 5 aliphatic rings. The molecule has 2 bridgehead atoms. The quantitative estimate of drug-likeness (QED) is 0.318. The van der Waals surface area contributed by atoms with Gasteiger partial charge in [-0.15, -0.1) is 0 Å². The van der Waals surface area contributed by atoms with Crippen LogP contribution in [-0.4, -0.2) is 23.6 Å². The summed E-state index contributed by atoms with van der Waals surface area (Å²) in [5.41, 5.74) is 2.35. The largest absolute Gasteiger partial charge is 0.274 e. The van der Waals surface area contributed by atoms with Crippen molar-refractivity contribution in [2.75, 3.05) is 9.80 Å². The molecule has 4 amide bonds. The normalized spacial score (nSPS) is 30.8. The predicted octanol–water partition coefficient (Wildman–Crippen LogP) is 5.11. The summed E-state index contributed by atoms with van der Waals surface area (Å²) in [5, 5.41) is 0. The Balaban J connectivity index is 1.45. The molecular weight excluding hydrogens is 556 g/mol. The smallest absolute Gasteiger partial charge is 0.238 e. The number of hydrogen-bond donors (Lipinski definition) is 0.